The van der Waals surface area contributed by atoms with E-state index < -0.39 is 5.79 Å². The maximum atomic E-state index is 10.0. The Bertz CT molecular complexity index is 1250. The predicted molar refractivity (Wildman–Crippen MR) is 138 cm³/mol. The fourth-order valence-electron chi connectivity index (χ4n) is 5.48. The molecule has 2 aromatic heterocycles. The predicted octanol–water partition coefficient (Wildman–Crippen LogP) is 4.42. The number of aliphatic hydroxyl groups excluding tert-OH is 1. The number of nitrogens with one attached hydrogen (secondary N) is 1. The second-order valence-corrected chi connectivity index (χ2v) is 11.9. The Morgan fingerprint density at radius 1 is 1.17 bits per heavy atom. The van der Waals surface area contributed by atoms with E-state index in [0.717, 1.165) is 23.6 Å². The van der Waals surface area contributed by atoms with Crippen molar-refractivity contribution in [2.75, 3.05) is 17.7 Å². The molecule has 3 fully saturated rings. The molecule has 1 aliphatic heterocycles. The molecule has 3 aliphatic rings. The van der Waals surface area contributed by atoms with Crippen molar-refractivity contribution in [1.82, 2.24) is 25.0 Å². The number of aliphatic hydroxyl groups is 1. The Morgan fingerprint density at radius 2 is 1.94 bits per heavy atom. The summed E-state index contributed by atoms with van der Waals surface area (Å²) in [5.74, 6) is 1.31. The molecule has 11 heteroatoms. The van der Waals surface area contributed by atoms with E-state index in [0.29, 0.717) is 34.5 Å². The number of thioether (sulfide) groups is 1. The number of halogens is 1. The molecule has 2 N–H and O–H groups in total. The zero-order valence-electron chi connectivity index (χ0n) is 20.6. The second-order valence-electron chi connectivity index (χ2n) is 10.4. The summed E-state index contributed by atoms with van der Waals surface area (Å²) in [6.45, 7) is 6.00. The van der Waals surface area contributed by atoms with Crippen LogP contribution in [-0.4, -0.2) is 66.5 Å². The van der Waals surface area contributed by atoms with Crippen LogP contribution in [0.1, 0.15) is 57.6 Å². The van der Waals surface area contributed by atoms with E-state index in [1.807, 2.05) is 30.7 Å². The monoisotopic (exact) mass is 530 g/mol. The third-order valence-electron chi connectivity index (χ3n) is 7.25. The summed E-state index contributed by atoms with van der Waals surface area (Å²) in [4.78, 5) is 9.70. The number of rotatable bonds is 8. The minimum atomic E-state index is -0.704. The molecule has 1 saturated heterocycles. The molecule has 3 aromatic rings. The number of anilines is 1. The van der Waals surface area contributed by atoms with Crippen LogP contribution in [-0.2, 0) is 9.47 Å². The fraction of sp³-hybridized carbons (Fsp3) is 0.600. The summed E-state index contributed by atoms with van der Waals surface area (Å²) in [7, 11) is 0. The molecule has 2 saturated carbocycles. The number of nitrogens with zero attached hydrogens (tertiary/aromatic N) is 5. The van der Waals surface area contributed by atoms with Crippen molar-refractivity contribution in [1.29, 1.82) is 0 Å². The van der Waals surface area contributed by atoms with Crippen LogP contribution in [0.25, 0.3) is 11.2 Å². The van der Waals surface area contributed by atoms with Gasteiger partial charge in [-0.1, -0.05) is 47.6 Å². The Hall–Kier alpha value is -1.98. The molecule has 2 aliphatic carbocycles. The van der Waals surface area contributed by atoms with E-state index in [9.17, 15) is 5.11 Å². The fourth-order valence-corrected chi connectivity index (χ4v) is 6.30. The quantitative estimate of drug-likeness (QED) is 0.323. The van der Waals surface area contributed by atoms with E-state index in [1.165, 1.54) is 5.56 Å². The van der Waals surface area contributed by atoms with Gasteiger partial charge in [-0.15, -0.1) is 5.10 Å². The highest BCUT2D eigenvalue weighted by atomic mass is 35.5. The first-order valence-corrected chi connectivity index (χ1v) is 14.0. The highest BCUT2D eigenvalue weighted by Crippen LogP contribution is 2.48. The number of hydrogen-bond donors (Lipinski definition) is 2. The van der Waals surface area contributed by atoms with E-state index in [-0.39, 0.29) is 36.8 Å². The Morgan fingerprint density at radius 3 is 2.69 bits per heavy atom. The van der Waals surface area contributed by atoms with Crippen LogP contribution in [0.2, 0.25) is 5.02 Å². The van der Waals surface area contributed by atoms with Gasteiger partial charge in [-0.2, -0.15) is 0 Å². The highest BCUT2D eigenvalue weighted by molar-refractivity contribution is 7.99. The van der Waals surface area contributed by atoms with Crippen LogP contribution >= 0.6 is 23.4 Å². The minimum absolute atomic E-state index is 0.0269. The van der Waals surface area contributed by atoms with Crippen molar-refractivity contribution in [3.8, 4) is 0 Å². The SMILES string of the molecule is CCCSc1nc(NC2CC2c2ccc(Cl)cc2)c2nnn(C3CC(CO)C4OC(C)(C)OC43)c2n1. The molecule has 0 radical (unpaired) electrons. The van der Waals surface area contributed by atoms with Crippen LogP contribution in [0.3, 0.4) is 0 Å². The first-order chi connectivity index (χ1) is 17.4. The van der Waals surface area contributed by atoms with Crippen molar-refractivity contribution in [3.63, 3.8) is 0 Å². The molecular formula is C25H31ClN6O3S. The number of benzene rings is 1. The van der Waals surface area contributed by atoms with Gasteiger partial charge in [0.25, 0.3) is 0 Å². The molecule has 0 amide bonds. The second kappa shape index (κ2) is 9.40. The van der Waals surface area contributed by atoms with Gasteiger partial charge in [0, 0.05) is 35.3 Å². The molecule has 6 rings (SSSR count). The zero-order valence-corrected chi connectivity index (χ0v) is 22.2. The lowest BCUT2D eigenvalue weighted by Crippen LogP contribution is -2.28. The summed E-state index contributed by atoms with van der Waals surface area (Å²) < 4.78 is 14.3. The van der Waals surface area contributed by atoms with Crippen molar-refractivity contribution in [3.05, 3.63) is 34.9 Å². The number of hydrogen-bond acceptors (Lipinski definition) is 9. The van der Waals surface area contributed by atoms with E-state index >= 15 is 0 Å². The van der Waals surface area contributed by atoms with Gasteiger partial charge in [0.1, 0.15) is 6.10 Å². The van der Waals surface area contributed by atoms with Crippen LogP contribution < -0.4 is 5.32 Å². The molecule has 6 atom stereocenters. The highest BCUT2D eigenvalue weighted by Gasteiger charge is 2.55. The molecule has 9 nitrogen and oxygen atoms in total. The van der Waals surface area contributed by atoms with Crippen molar-refractivity contribution in [2.45, 2.75) is 81.2 Å². The Labute approximate surface area is 219 Å². The summed E-state index contributed by atoms with van der Waals surface area (Å²) in [5.41, 5.74) is 2.60. The number of fused-ring (bicyclic) bond motifs is 2. The topological polar surface area (TPSA) is 107 Å². The molecular weight excluding hydrogens is 500 g/mol. The number of aromatic nitrogens is 5. The van der Waals surface area contributed by atoms with Gasteiger partial charge >= 0.3 is 0 Å². The molecule has 36 heavy (non-hydrogen) atoms. The molecule has 0 bridgehead atoms. The lowest BCUT2D eigenvalue weighted by molar-refractivity contribution is -0.162. The Balaban J connectivity index is 1.32. The van der Waals surface area contributed by atoms with Crippen LogP contribution in [0.5, 0.6) is 0 Å². The number of ether oxygens (including phenoxy) is 2. The molecule has 6 unspecified atom stereocenters. The van der Waals surface area contributed by atoms with Gasteiger partial charge in [-0.05, 0) is 50.8 Å². The van der Waals surface area contributed by atoms with Gasteiger partial charge in [-0.25, -0.2) is 14.6 Å². The summed E-state index contributed by atoms with van der Waals surface area (Å²) >= 11 is 7.70. The van der Waals surface area contributed by atoms with Crippen LogP contribution in [0, 0.1) is 5.92 Å². The first kappa shape index (κ1) is 24.4. The summed E-state index contributed by atoms with van der Waals surface area (Å²) in [6.07, 6.45) is 2.32. The average Bonchev–Trinajstić information content (AvgIpc) is 3.18. The average molecular weight is 531 g/mol. The van der Waals surface area contributed by atoms with Gasteiger partial charge in [0.15, 0.2) is 27.9 Å². The standard InChI is InChI=1S/C25H31ClN6O3S/c1-4-9-36-24-28-22(27-17-11-16(17)13-5-7-15(26)8-6-13)19-23(29-24)32(31-30-19)18-10-14(12-33)20-21(18)35-25(2,3)34-20/h5-8,14,16-18,20-21,33H,4,9-12H2,1-3H3,(H,27,28,29). The van der Waals surface area contributed by atoms with Crippen LogP contribution in [0.4, 0.5) is 5.82 Å². The molecule has 192 valence electrons. The first-order valence-electron chi connectivity index (χ1n) is 12.6. The third-order valence-corrected chi connectivity index (χ3v) is 8.55. The zero-order chi connectivity index (χ0) is 25.0. The lowest BCUT2D eigenvalue weighted by Gasteiger charge is -2.23. The van der Waals surface area contributed by atoms with Crippen molar-refractivity contribution < 1.29 is 14.6 Å². The van der Waals surface area contributed by atoms with E-state index in [1.54, 1.807) is 11.8 Å². The smallest absolute Gasteiger partial charge is 0.191 e. The van der Waals surface area contributed by atoms with E-state index in [4.69, 9.17) is 31.0 Å². The molecule has 1 aromatic carbocycles. The van der Waals surface area contributed by atoms with Gasteiger partial charge in [0.2, 0.25) is 0 Å². The molecule has 3 heterocycles. The minimum Gasteiger partial charge on any atom is -0.396 e. The normalized spacial score (nSPS) is 30.6. The summed E-state index contributed by atoms with van der Waals surface area (Å²) in [6, 6.07) is 8.18. The van der Waals surface area contributed by atoms with Crippen LogP contribution in [0.15, 0.2) is 29.4 Å². The van der Waals surface area contributed by atoms with Gasteiger partial charge in [-0.3, -0.25) is 0 Å². The van der Waals surface area contributed by atoms with Gasteiger partial charge in [0.05, 0.1) is 12.1 Å². The van der Waals surface area contributed by atoms with Gasteiger partial charge < -0.3 is 19.9 Å². The Kier molecular flexibility index (Phi) is 6.36. The largest absolute Gasteiger partial charge is 0.396 e. The maximum Gasteiger partial charge on any atom is 0.191 e. The lowest BCUT2D eigenvalue weighted by atomic mass is 10.1. The maximum absolute atomic E-state index is 10.0. The molecule has 0 spiro atoms. The summed E-state index contributed by atoms with van der Waals surface area (Å²) in [5, 5.41) is 24.1. The van der Waals surface area contributed by atoms with E-state index in [2.05, 4.69) is 34.7 Å². The van der Waals surface area contributed by atoms with Crippen molar-refractivity contribution >= 4 is 40.3 Å². The third kappa shape index (κ3) is 4.47. The van der Waals surface area contributed by atoms with Crippen molar-refractivity contribution in [2.24, 2.45) is 5.92 Å².